The fourth-order valence-electron chi connectivity index (χ4n) is 12.0. The minimum absolute atomic E-state index is 0.0710. The Morgan fingerprint density at radius 1 is 0.541 bits per heavy atom. The van der Waals surface area contributed by atoms with Gasteiger partial charge < -0.3 is 73.4 Å². The highest BCUT2D eigenvalue weighted by atomic mass is 32.2. The zero-order chi connectivity index (χ0) is 81.4. The van der Waals surface area contributed by atoms with Crippen molar-refractivity contribution in [2.45, 2.75) is 226 Å². The molecule has 4 aromatic carbocycles. The number of ether oxygens (including phenoxy) is 11. The standard InChI is InChI=1S/C85H120N4O21S/c1-14-68(107-74-55-62(78(96)105-16-3)53-71(59(74)4)89-81(99)110-84(11,12)13)34-26-33-66(90)43-45-100-47-49-102-51-52-103-50-48-101-46-44-86-75(93)42-38-67(91)37-41-70(88-80(98)109-83(8,9)10)73(92)54-61(56-76(94)108-82(5,6)7)77(95)87-72(79(97)106-57-60-35-39-69(40-36-60)104-15-2)58-111-85(63-27-20-17-21-28-63,64-29-22-18-23-30-64)65-31-24-19-25-32-65/h17-25,27-32,35-36,39-40,55,59,61,68,70-72,74H,14-16,26,33-34,37-38,41-54,56-58H2,1-13H3,(H,86,93)(H,87,95)(H,88,98)(H,89,99)/t59-,61+,68+,70+,71+,72+,74-/m1/s1. The predicted molar refractivity (Wildman–Crippen MR) is 422 cm³/mol. The average molecular weight is 1570 g/mol. The number of rotatable bonds is 50. The number of Topliss-reactive ketones (excluding diaryl/α,β-unsaturated/α-hetero) is 3. The van der Waals surface area contributed by atoms with Gasteiger partial charge in [-0.3, -0.25) is 28.8 Å². The quantitative estimate of drug-likeness (QED) is 0.0138. The molecule has 0 saturated carbocycles. The Hall–Kier alpha value is -8.53. The lowest BCUT2D eigenvalue weighted by Gasteiger charge is -2.37. The normalized spacial score (nSPS) is 15.6. The Labute approximate surface area is 659 Å². The molecule has 1 aliphatic rings. The summed E-state index contributed by atoms with van der Waals surface area (Å²) in [7, 11) is 0. The van der Waals surface area contributed by atoms with Crippen LogP contribution < -0.4 is 26.0 Å². The lowest BCUT2D eigenvalue weighted by Crippen LogP contribution is -2.49. The number of ketones is 3. The van der Waals surface area contributed by atoms with Gasteiger partial charge in [0.25, 0.3) is 0 Å². The van der Waals surface area contributed by atoms with E-state index in [1.54, 1.807) is 99.6 Å². The smallest absolute Gasteiger partial charge is 0.408 e. The molecule has 4 amide bonds. The maximum atomic E-state index is 15.0. The van der Waals surface area contributed by atoms with Crippen molar-refractivity contribution in [3.05, 3.63) is 149 Å². The highest BCUT2D eigenvalue weighted by molar-refractivity contribution is 8.00. The number of alkyl carbamates (subject to hydrolysis) is 2. The van der Waals surface area contributed by atoms with E-state index in [-0.39, 0.29) is 108 Å². The zero-order valence-corrected chi connectivity index (χ0v) is 68.1. The summed E-state index contributed by atoms with van der Waals surface area (Å²) in [5.41, 5.74) is 1.06. The van der Waals surface area contributed by atoms with E-state index in [9.17, 15) is 43.2 Å². The molecular formula is C85H120N4O21S. The van der Waals surface area contributed by atoms with Crippen molar-refractivity contribution in [2.24, 2.45) is 11.8 Å². The molecule has 0 aromatic heterocycles. The van der Waals surface area contributed by atoms with Gasteiger partial charge in [0.2, 0.25) is 11.8 Å². The van der Waals surface area contributed by atoms with E-state index in [2.05, 4.69) is 21.3 Å². The van der Waals surface area contributed by atoms with E-state index in [0.717, 1.165) is 16.7 Å². The molecule has 4 N–H and O–H groups in total. The fourth-order valence-corrected chi connectivity index (χ4v) is 13.5. The first-order valence-electron chi connectivity index (χ1n) is 38.7. The van der Waals surface area contributed by atoms with E-state index >= 15 is 4.79 Å². The first kappa shape index (κ1) is 93.1. The summed E-state index contributed by atoms with van der Waals surface area (Å²) >= 11 is 1.39. The highest BCUT2D eigenvalue weighted by Crippen LogP contribution is 2.49. The van der Waals surface area contributed by atoms with Gasteiger partial charge in [-0.25, -0.2) is 19.2 Å². The SMILES string of the molecule is CCOC(=O)C1=C[C@@H](O[C@@H](CC)CCCC(=O)CCOCCOCCOCCOCCNC(=O)CCC(=O)CC[C@H](NC(=O)OC(C)(C)C)C(=O)C[C@@H](CC(=O)OC(C)(C)C)C(=O)N[C@@H](CSC(c2ccccc2)(c2ccccc2)c2ccccc2)C(=O)OCc2ccc(OCC)cc2)[C@H](C)[C@@H](NC(=O)OC(C)(C)C)C1. The van der Waals surface area contributed by atoms with E-state index in [1.807, 2.05) is 112 Å². The van der Waals surface area contributed by atoms with Crippen LogP contribution in [0, 0.1) is 11.8 Å². The van der Waals surface area contributed by atoms with Gasteiger partial charge in [0.1, 0.15) is 46.8 Å². The minimum Gasteiger partial charge on any atom is -0.494 e. The Morgan fingerprint density at radius 2 is 1.08 bits per heavy atom. The fraction of sp³-hybridized carbons (Fsp3) is 0.576. The summed E-state index contributed by atoms with van der Waals surface area (Å²) < 4.78 is 61.5. The number of nitrogens with one attached hydrogen (secondary N) is 4. The molecular weight excluding hydrogens is 1450 g/mol. The second-order valence-electron chi connectivity index (χ2n) is 30.1. The Morgan fingerprint density at radius 3 is 1.62 bits per heavy atom. The van der Waals surface area contributed by atoms with Gasteiger partial charge in [0.15, 0.2) is 5.78 Å². The molecule has 4 aromatic rings. The third-order valence-corrected chi connectivity index (χ3v) is 19.1. The number of benzene rings is 4. The molecule has 5 rings (SSSR count). The summed E-state index contributed by atoms with van der Waals surface area (Å²) in [4.78, 5) is 136. The van der Waals surface area contributed by atoms with Gasteiger partial charge >= 0.3 is 30.1 Å². The average Bonchev–Trinajstić information content (AvgIpc) is 0.756. The van der Waals surface area contributed by atoms with Crippen LogP contribution in [0.1, 0.15) is 189 Å². The molecule has 612 valence electrons. The molecule has 0 spiro atoms. The van der Waals surface area contributed by atoms with Crippen molar-refractivity contribution >= 4 is 71.0 Å². The predicted octanol–water partition coefficient (Wildman–Crippen LogP) is 12.6. The largest absolute Gasteiger partial charge is 0.494 e. The maximum Gasteiger partial charge on any atom is 0.408 e. The Kier molecular flexibility index (Phi) is 40.6. The Bertz CT molecular complexity index is 3460. The molecule has 111 heavy (non-hydrogen) atoms. The molecule has 0 aliphatic heterocycles. The number of amides is 4. The minimum atomic E-state index is -1.47. The second-order valence-corrected chi connectivity index (χ2v) is 31.3. The van der Waals surface area contributed by atoms with E-state index < -0.39 is 118 Å². The molecule has 0 heterocycles. The first-order valence-corrected chi connectivity index (χ1v) is 39.7. The summed E-state index contributed by atoms with van der Waals surface area (Å²) in [5, 5.41) is 11.1. The van der Waals surface area contributed by atoms with Crippen molar-refractivity contribution in [2.75, 3.05) is 78.4 Å². The van der Waals surface area contributed by atoms with E-state index in [4.69, 9.17) is 52.1 Å². The van der Waals surface area contributed by atoms with Gasteiger partial charge in [-0.1, -0.05) is 117 Å². The summed E-state index contributed by atoms with van der Waals surface area (Å²) in [6.07, 6.45) is 0.322. The molecule has 0 radical (unpaired) electrons. The lowest BCUT2D eigenvalue weighted by atomic mass is 9.83. The van der Waals surface area contributed by atoms with Crippen LogP contribution in [-0.4, -0.2) is 185 Å². The van der Waals surface area contributed by atoms with Gasteiger partial charge in [-0.2, -0.15) is 0 Å². The van der Waals surface area contributed by atoms with Crippen molar-refractivity contribution in [1.29, 1.82) is 0 Å². The van der Waals surface area contributed by atoms with E-state index in [0.29, 0.717) is 75.6 Å². The molecule has 25 nitrogen and oxygen atoms in total. The van der Waals surface area contributed by atoms with Crippen molar-refractivity contribution in [3.63, 3.8) is 0 Å². The maximum absolute atomic E-state index is 15.0. The van der Waals surface area contributed by atoms with Crippen molar-refractivity contribution in [3.8, 4) is 5.75 Å². The van der Waals surface area contributed by atoms with Crippen LogP contribution in [0.2, 0.25) is 0 Å². The van der Waals surface area contributed by atoms with Crippen LogP contribution in [0.5, 0.6) is 5.75 Å². The second kappa shape index (κ2) is 48.4. The lowest BCUT2D eigenvalue weighted by molar-refractivity contribution is -0.157. The van der Waals surface area contributed by atoms with Crippen LogP contribution in [-0.2, 0) is 97.1 Å². The van der Waals surface area contributed by atoms with Crippen LogP contribution in [0.15, 0.2) is 127 Å². The number of esters is 3. The molecule has 1 aliphatic carbocycles. The molecule has 0 bridgehead atoms. The molecule has 7 atom stereocenters. The summed E-state index contributed by atoms with van der Waals surface area (Å²) in [6.45, 7) is 25.6. The van der Waals surface area contributed by atoms with Gasteiger partial charge in [0.05, 0.1) is 101 Å². The monoisotopic (exact) mass is 1560 g/mol. The number of thioether (sulfide) groups is 1. The third-order valence-electron chi connectivity index (χ3n) is 17.5. The van der Waals surface area contributed by atoms with Crippen molar-refractivity contribution < 1.29 is 100 Å². The number of carbonyl (C=O) groups is 10. The molecule has 0 fully saturated rings. The van der Waals surface area contributed by atoms with Crippen LogP contribution in [0.25, 0.3) is 0 Å². The molecule has 0 unspecified atom stereocenters. The van der Waals surface area contributed by atoms with Crippen LogP contribution >= 0.6 is 11.8 Å². The number of carbonyl (C=O) groups excluding carboxylic acids is 10. The highest BCUT2D eigenvalue weighted by Gasteiger charge is 2.41. The Balaban J connectivity index is 1.07. The van der Waals surface area contributed by atoms with Gasteiger partial charge in [0, 0.05) is 74.8 Å². The van der Waals surface area contributed by atoms with Crippen molar-refractivity contribution in [1.82, 2.24) is 21.3 Å². The summed E-state index contributed by atoms with van der Waals surface area (Å²) in [6, 6.07) is 33.1. The van der Waals surface area contributed by atoms with Gasteiger partial charge in [-0.15, -0.1) is 11.8 Å². The molecule has 0 saturated heterocycles. The number of hydrogen-bond acceptors (Lipinski definition) is 22. The van der Waals surface area contributed by atoms with Crippen LogP contribution in [0.4, 0.5) is 9.59 Å². The van der Waals surface area contributed by atoms with Crippen LogP contribution in [0.3, 0.4) is 0 Å². The summed E-state index contributed by atoms with van der Waals surface area (Å²) in [5.74, 6) is -5.44. The molecule has 26 heteroatoms. The van der Waals surface area contributed by atoms with Gasteiger partial charge in [-0.05, 0) is 142 Å². The van der Waals surface area contributed by atoms with E-state index in [1.165, 1.54) is 11.8 Å². The zero-order valence-electron chi connectivity index (χ0n) is 67.2. The number of hydrogen-bond donors (Lipinski definition) is 4. The third kappa shape index (κ3) is 35.8. The first-order chi connectivity index (χ1) is 52.8. The topological polar surface area (TPSA) is 320 Å².